The first kappa shape index (κ1) is 20.1. The van der Waals surface area contributed by atoms with Gasteiger partial charge in [0.1, 0.15) is 5.69 Å². The number of hydrogen-bond acceptors (Lipinski definition) is 3. The summed E-state index contributed by atoms with van der Waals surface area (Å²) in [5, 5.41) is 0. The highest BCUT2D eigenvalue weighted by atomic mass is 35.5. The molecule has 1 aromatic heterocycles. The van der Waals surface area contributed by atoms with Crippen molar-refractivity contribution in [1.29, 1.82) is 0 Å². The number of nitrogens with zero attached hydrogens (tertiary/aromatic N) is 1. The predicted molar refractivity (Wildman–Crippen MR) is 112 cm³/mol. The number of piperidine rings is 1. The molecule has 0 amide bonds. The van der Waals surface area contributed by atoms with Crippen molar-refractivity contribution in [3.8, 4) is 0 Å². The summed E-state index contributed by atoms with van der Waals surface area (Å²) in [7, 11) is 0. The van der Waals surface area contributed by atoms with Gasteiger partial charge in [-0.15, -0.1) is 12.4 Å². The number of carbonyl (C=O) groups excluding carboxylic acids is 1. The van der Waals surface area contributed by atoms with Gasteiger partial charge < -0.3 is 9.97 Å². The summed E-state index contributed by atoms with van der Waals surface area (Å²) in [4.78, 5) is 32.4. The second-order valence-corrected chi connectivity index (χ2v) is 7.09. The van der Waals surface area contributed by atoms with E-state index in [4.69, 9.17) is 0 Å². The topological polar surface area (TPSA) is 69.0 Å². The Kier molecular flexibility index (Phi) is 6.49. The van der Waals surface area contributed by atoms with E-state index in [9.17, 15) is 9.59 Å². The van der Waals surface area contributed by atoms with Crippen LogP contribution in [-0.2, 0) is 6.54 Å². The summed E-state index contributed by atoms with van der Waals surface area (Å²) in [5.74, 6) is 0.432. The van der Waals surface area contributed by atoms with E-state index in [1.165, 1.54) is 5.56 Å². The molecule has 2 aromatic carbocycles. The Hall–Kier alpha value is -2.63. The molecule has 0 aliphatic carbocycles. The minimum atomic E-state index is -0.330. The van der Waals surface area contributed by atoms with Crippen molar-refractivity contribution < 1.29 is 4.79 Å². The van der Waals surface area contributed by atoms with Crippen LogP contribution in [0.1, 0.15) is 46.1 Å². The predicted octanol–water partition coefficient (Wildman–Crippen LogP) is 3.74. The number of imidazole rings is 1. The lowest BCUT2D eigenvalue weighted by atomic mass is 9.89. The molecule has 4 rings (SSSR count). The second kappa shape index (κ2) is 9.04. The molecular weight excluding hydrogens is 374 g/mol. The molecule has 1 aliphatic heterocycles. The van der Waals surface area contributed by atoms with E-state index in [0.29, 0.717) is 29.4 Å². The Labute approximate surface area is 170 Å². The Morgan fingerprint density at radius 2 is 1.54 bits per heavy atom. The van der Waals surface area contributed by atoms with Gasteiger partial charge in [-0.2, -0.15) is 0 Å². The SMILES string of the molecule is Cl.O=C(c1ccccc1)c1[nH]c(=O)[nH]c1CN1CCC(c2ccccc2)CC1. The van der Waals surface area contributed by atoms with Crippen molar-refractivity contribution in [1.82, 2.24) is 14.9 Å². The Morgan fingerprint density at radius 1 is 0.929 bits per heavy atom. The number of carbonyl (C=O) groups is 1. The van der Waals surface area contributed by atoms with Crippen LogP contribution < -0.4 is 5.69 Å². The van der Waals surface area contributed by atoms with Crippen molar-refractivity contribution in [2.24, 2.45) is 0 Å². The monoisotopic (exact) mass is 397 g/mol. The lowest BCUT2D eigenvalue weighted by Crippen LogP contribution is -2.33. The zero-order valence-corrected chi connectivity index (χ0v) is 16.4. The molecule has 0 radical (unpaired) electrons. The second-order valence-electron chi connectivity index (χ2n) is 7.09. The third-order valence-corrected chi connectivity index (χ3v) is 5.31. The van der Waals surface area contributed by atoms with E-state index >= 15 is 0 Å². The Morgan fingerprint density at radius 3 is 2.18 bits per heavy atom. The maximum absolute atomic E-state index is 12.8. The number of likely N-dealkylation sites (tertiary alicyclic amines) is 1. The van der Waals surface area contributed by atoms with E-state index in [1.54, 1.807) is 12.1 Å². The molecule has 146 valence electrons. The van der Waals surface area contributed by atoms with Gasteiger partial charge in [-0.25, -0.2) is 4.79 Å². The van der Waals surface area contributed by atoms with E-state index in [-0.39, 0.29) is 23.9 Å². The van der Waals surface area contributed by atoms with Gasteiger partial charge in [0.25, 0.3) is 0 Å². The summed E-state index contributed by atoms with van der Waals surface area (Å²) >= 11 is 0. The van der Waals surface area contributed by atoms with Crippen LogP contribution in [-0.4, -0.2) is 33.7 Å². The normalized spacial score (nSPS) is 15.1. The van der Waals surface area contributed by atoms with E-state index in [0.717, 1.165) is 25.9 Å². The van der Waals surface area contributed by atoms with Crippen LogP contribution in [0.4, 0.5) is 0 Å². The highest BCUT2D eigenvalue weighted by molar-refractivity contribution is 6.08. The van der Waals surface area contributed by atoms with Gasteiger partial charge in [-0.3, -0.25) is 9.69 Å². The first-order chi connectivity index (χ1) is 13.2. The van der Waals surface area contributed by atoms with Gasteiger partial charge >= 0.3 is 5.69 Å². The molecule has 0 saturated carbocycles. The summed E-state index contributed by atoms with van der Waals surface area (Å²) in [6.07, 6.45) is 2.17. The van der Waals surface area contributed by atoms with E-state index < -0.39 is 0 Å². The maximum atomic E-state index is 12.8. The number of hydrogen-bond donors (Lipinski definition) is 2. The number of rotatable bonds is 5. The van der Waals surface area contributed by atoms with Gasteiger partial charge in [0.15, 0.2) is 0 Å². The largest absolute Gasteiger partial charge is 0.323 e. The average molecular weight is 398 g/mol. The van der Waals surface area contributed by atoms with Gasteiger partial charge in [0, 0.05) is 12.1 Å². The van der Waals surface area contributed by atoms with Crippen LogP contribution in [0.15, 0.2) is 65.5 Å². The van der Waals surface area contributed by atoms with Gasteiger partial charge in [0.05, 0.1) is 5.69 Å². The molecule has 28 heavy (non-hydrogen) atoms. The molecule has 0 spiro atoms. The fourth-order valence-corrected chi connectivity index (χ4v) is 3.84. The molecule has 3 aromatic rings. The van der Waals surface area contributed by atoms with Crippen LogP contribution in [0.2, 0.25) is 0 Å². The van der Waals surface area contributed by atoms with Gasteiger partial charge in [0.2, 0.25) is 5.78 Å². The van der Waals surface area contributed by atoms with Crippen LogP contribution >= 0.6 is 12.4 Å². The summed E-state index contributed by atoms with van der Waals surface area (Å²) in [5.41, 5.74) is 2.69. The fraction of sp³-hybridized carbons (Fsp3) is 0.273. The lowest BCUT2D eigenvalue weighted by molar-refractivity contribution is 0.103. The summed E-state index contributed by atoms with van der Waals surface area (Å²) in [6, 6.07) is 19.7. The molecule has 5 nitrogen and oxygen atoms in total. The summed E-state index contributed by atoms with van der Waals surface area (Å²) < 4.78 is 0. The van der Waals surface area contributed by atoms with Gasteiger partial charge in [-0.05, 0) is 37.4 Å². The number of nitrogens with one attached hydrogen (secondary N) is 2. The molecule has 2 heterocycles. The Bertz CT molecular complexity index is 958. The first-order valence-corrected chi connectivity index (χ1v) is 9.39. The van der Waals surface area contributed by atoms with Crippen molar-refractivity contribution in [2.45, 2.75) is 25.3 Å². The molecular formula is C22H24ClN3O2. The lowest BCUT2D eigenvalue weighted by Gasteiger charge is -2.32. The Balaban J connectivity index is 0.00000225. The van der Waals surface area contributed by atoms with Crippen molar-refractivity contribution in [3.63, 3.8) is 0 Å². The third kappa shape index (κ3) is 4.43. The summed E-state index contributed by atoms with van der Waals surface area (Å²) in [6.45, 7) is 2.48. The zero-order chi connectivity index (χ0) is 18.6. The quantitative estimate of drug-likeness (QED) is 0.644. The molecule has 0 atom stereocenters. The first-order valence-electron chi connectivity index (χ1n) is 9.39. The molecule has 1 saturated heterocycles. The number of halogens is 1. The number of H-pyrrole nitrogens is 2. The minimum Gasteiger partial charge on any atom is -0.308 e. The molecule has 1 aliphatic rings. The molecule has 2 N–H and O–H groups in total. The van der Waals surface area contributed by atoms with Crippen LogP contribution in [0.3, 0.4) is 0 Å². The third-order valence-electron chi connectivity index (χ3n) is 5.31. The molecule has 1 fully saturated rings. The fourth-order valence-electron chi connectivity index (χ4n) is 3.84. The minimum absolute atomic E-state index is 0. The number of benzene rings is 2. The molecule has 0 unspecified atom stereocenters. The maximum Gasteiger partial charge on any atom is 0.323 e. The standard InChI is InChI=1S/C22H23N3O2.ClH/c26-21(18-9-5-2-6-10-18)20-19(23-22(27)24-20)15-25-13-11-17(12-14-25)16-7-3-1-4-8-16;/h1-10,17H,11-15H2,(H2,23,24,27);1H. The van der Waals surface area contributed by atoms with Crippen LogP contribution in [0.25, 0.3) is 0 Å². The average Bonchev–Trinajstić information content (AvgIpc) is 3.09. The number of ketones is 1. The highest BCUT2D eigenvalue weighted by Crippen LogP contribution is 2.28. The number of aromatic amines is 2. The van der Waals surface area contributed by atoms with Crippen molar-refractivity contribution in [2.75, 3.05) is 13.1 Å². The molecule has 0 bridgehead atoms. The van der Waals surface area contributed by atoms with Crippen molar-refractivity contribution in [3.05, 3.63) is 93.7 Å². The van der Waals surface area contributed by atoms with Gasteiger partial charge in [-0.1, -0.05) is 60.7 Å². The van der Waals surface area contributed by atoms with Crippen molar-refractivity contribution >= 4 is 18.2 Å². The smallest absolute Gasteiger partial charge is 0.308 e. The van der Waals surface area contributed by atoms with E-state index in [1.807, 2.05) is 24.3 Å². The molecule has 6 heteroatoms. The van der Waals surface area contributed by atoms with Crippen LogP contribution in [0, 0.1) is 0 Å². The zero-order valence-electron chi connectivity index (χ0n) is 15.6. The highest BCUT2D eigenvalue weighted by Gasteiger charge is 2.23. The van der Waals surface area contributed by atoms with Crippen LogP contribution in [0.5, 0.6) is 0 Å². The number of aromatic nitrogens is 2. The van der Waals surface area contributed by atoms with E-state index in [2.05, 4.69) is 39.1 Å².